The predicted octanol–water partition coefficient (Wildman–Crippen LogP) is 1.86. The lowest BCUT2D eigenvalue weighted by molar-refractivity contribution is -0.147. The summed E-state index contributed by atoms with van der Waals surface area (Å²) in [5, 5.41) is 3.35. The molecule has 0 aromatic heterocycles. The van der Waals surface area contributed by atoms with Crippen LogP contribution >= 0.6 is 0 Å². The van der Waals surface area contributed by atoms with Gasteiger partial charge >= 0.3 is 5.97 Å². The van der Waals surface area contributed by atoms with Gasteiger partial charge in [0.2, 0.25) is 0 Å². The van der Waals surface area contributed by atoms with Gasteiger partial charge in [-0.1, -0.05) is 29.8 Å². The highest BCUT2D eigenvalue weighted by Gasteiger charge is 2.32. The lowest BCUT2D eigenvalue weighted by Gasteiger charge is -2.30. The predicted molar refractivity (Wildman–Crippen MR) is 66.9 cm³/mol. The second-order valence-electron chi connectivity index (χ2n) is 4.64. The Morgan fingerprint density at radius 3 is 3.00 bits per heavy atom. The van der Waals surface area contributed by atoms with Crippen LogP contribution in [0.1, 0.15) is 23.5 Å². The van der Waals surface area contributed by atoms with E-state index in [2.05, 4.69) is 30.4 Å². The van der Waals surface area contributed by atoms with Crippen LogP contribution in [0.5, 0.6) is 0 Å². The number of esters is 1. The normalized spacial score (nSPS) is 24.4. The average Bonchev–Trinajstić information content (AvgIpc) is 2.38. The van der Waals surface area contributed by atoms with E-state index in [0.29, 0.717) is 0 Å². The maximum Gasteiger partial charge on any atom is 0.309 e. The van der Waals surface area contributed by atoms with E-state index in [1.807, 2.05) is 6.07 Å². The Kier molecular flexibility index (Phi) is 3.79. The molecule has 1 aliphatic heterocycles. The van der Waals surface area contributed by atoms with Crippen molar-refractivity contribution in [2.75, 3.05) is 20.2 Å². The number of carbonyl (C=O) groups is 1. The summed E-state index contributed by atoms with van der Waals surface area (Å²) < 4.78 is 4.90. The number of carbonyl (C=O) groups excluding carboxylic acids is 1. The quantitative estimate of drug-likeness (QED) is 0.792. The molecule has 0 spiro atoms. The summed E-state index contributed by atoms with van der Waals surface area (Å²) >= 11 is 0. The zero-order valence-electron chi connectivity index (χ0n) is 10.4. The molecule has 0 radical (unpaired) electrons. The van der Waals surface area contributed by atoms with E-state index < -0.39 is 0 Å². The van der Waals surface area contributed by atoms with Crippen LogP contribution in [0.15, 0.2) is 24.3 Å². The van der Waals surface area contributed by atoms with Crippen LogP contribution in [0.3, 0.4) is 0 Å². The Bertz CT molecular complexity index is 403. The smallest absolute Gasteiger partial charge is 0.309 e. The molecule has 0 amide bonds. The number of rotatable bonds is 2. The SMILES string of the molecule is COC(=O)[C@H]1CCNC[C@@H]1c1cccc(C)c1. The molecule has 0 saturated carbocycles. The molecular weight excluding hydrogens is 214 g/mol. The second-order valence-corrected chi connectivity index (χ2v) is 4.64. The number of nitrogens with one attached hydrogen (secondary N) is 1. The molecule has 1 aromatic carbocycles. The van der Waals surface area contributed by atoms with Gasteiger partial charge in [0.25, 0.3) is 0 Å². The van der Waals surface area contributed by atoms with Crippen molar-refractivity contribution in [3.05, 3.63) is 35.4 Å². The largest absolute Gasteiger partial charge is 0.469 e. The summed E-state index contributed by atoms with van der Waals surface area (Å²) in [5.74, 6) is 0.136. The van der Waals surface area contributed by atoms with E-state index in [1.54, 1.807) is 0 Å². The Morgan fingerprint density at radius 2 is 2.29 bits per heavy atom. The number of piperidine rings is 1. The maximum absolute atomic E-state index is 11.8. The molecule has 0 aliphatic carbocycles. The highest BCUT2D eigenvalue weighted by atomic mass is 16.5. The molecule has 3 heteroatoms. The van der Waals surface area contributed by atoms with E-state index >= 15 is 0 Å². The molecule has 0 unspecified atom stereocenters. The Balaban J connectivity index is 2.24. The maximum atomic E-state index is 11.8. The second kappa shape index (κ2) is 5.32. The Labute approximate surface area is 102 Å². The minimum Gasteiger partial charge on any atom is -0.469 e. The number of aryl methyl sites for hydroxylation is 1. The molecule has 1 saturated heterocycles. The summed E-state index contributed by atoms with van der Waals surface area (Å²) in [6, 6.07) is 8.38. The molecule has 1 N–H and O–H groups in total. The number of benzene rings is 1. The van der Waals surface area contributed by atoms with E-state index in [1.165, 1.54) is 18.2 Å². The molecule has 3 nitrogen and oxygen atoms in total. The van der Waals surface area contributed by atoms with Crippen molar-refractivity contribution in [3.8, 4) is 0 Å². The summed E-state index contributed by atoms with van der Waals surface area (Å²) in [6.45, 7) is 3.82. The van der Waals surface area contributed by atoms with Gasteiger partial charge in [-0.05, 0) is 25.5 Å². The van der Waals surface area contributed by atoms with Gasteiger partial charge in [0, 0.05) is 12.5 Å². The third kappa shape index (κ3) is 2.67. The molecule has 17 heavy (non-hydrogen) atoms. The summed E-state index contributed by atoms with van der Waals surface area (Å²) in [4.78, 5) is 11.8. The number of methoxy groups -OCH3 is 1. The standard InChI is InChI=1S/C14H19NO2/c1-10-4-3-5-11(8-10)13-9-15-7-6-12(13)14(16)17-2/h3-5,8,12-13,15H,6-7,9H2,1-2H3/t12-,13+/m0/s1. The highest BCUT2D eigenvalue weighted by Crippen LogP contribution is 2.30. The summed E-state index contributed by atoms with van der Waals surface area (Å²) in [6.07, 6.45) is 0.852. The monoisotopic (exact) mass is 233 g/mol. The van der Waals surface area contributed by atoms with Gasteiger partial charge in [-0.2, -0.15) is 0 Å². The molecule has 2 atom stereocenters. The minimum atomic E-state index is -0.0852. The van der Waals surface area contributed by atoms with E-state index in [-0.39, 0.29) is 17.8 Å². The summed E-state index contributed by atoms with van der Waals surface area (Å²) in [7, 11) is 1.47. The number of ether oxygens (including phenoxy) is 1. The van der Waals surface area contributed by atoms with Crippen molar-refractivity contribution in [1.29, 1.82) is 0 Å². The Hall–Kier alpha value is -1.35. The summed E-state index contributed by atoms with van der Waals surface area (Å²) in [5.41, 5.74) is 2.46. The van der Waals surface area contributed by atoms with Crippen LogP contribution in [-0.4, -0.2) is 26.2 Å². The lowest BCUT2D eigenvalue weighted by atomic mass is 9.81. The fourth-order valence-electron chi connectivity index (χ4n) is 2.54. The number of hydrogen-bond acceptors (Lipinski definition) is 3. The Morgan fingerprint density at radius 1 is 1.47 bits per heavy atom. The molecule has 1 heterocycles. The van der Waals surface area contributed by atoms with Gasteiger partial charge in [0.05, 0.1) is 13.0 Å². The van der Waals surface area contributed by atoms with Gasteiger partial charge in [-0.15, -0.1) is 0 Å². The van der Waals surface area contributed by atoms with Crippen molar-refractivity contribution in [2.45, 2.75) is 19.3 Å². The van der Waals surface area contributed by atoms with Crippen LogP contribution < -0.4 is 5.32 Å². The first kappa shape index (κ1) is 12.1. The number of hydrogen-bond donors (Lipinski definition) is 1. The highest BCUT2D eigenvalue weighted by molar-refractivity contribution is 5.73. The van der Waals surface area contributed by atoms with Gasteiger partial charge in [-0.25, -0.2) is 0 Å². The molecule has 0 bridgehead atoms. The third-order valence-electron chi connectivity index (χ3n) is 3.46. The zero-order valence-corrected chi connectivity index (χ0v) is 10.4. The van der Waals surface area contributed by atoms with Gasteiger partial charge in [0.15, 0.2) is 0 Å². The molecule has 1 aliphatic rings. The molecule has 1 aromatic rings. The molecule has 1 fully saturated rings. The van der Waals surface area contributed by atoms with Gasteiger partial charge < -0.3 is 10.1 Å². The van der Waals surface area contributed by atoms with E-state index in [0.717, 1.165) is 19.5 Å². The zero-order chi connectivity index (χ0) is 12.3. The van der Waals surface area contributed by atoms with Crippen molar-refractivity contribution < 1.29 is 9.53 Å². The lowest BCUT2D eigenvalue weighted by Crippen LogP contribution is -2.39. The first-order valence-corrected chi connectivity index (χ1v) is 6.07. The first-order valence-electron chi connectivity index (χ1n) is 6.07. The fourth-order valence-corrected chi connectivity index (χ4v) is 2.54. The minimum absolute atomic E-state index is 0.0111. The van der Waals surface area contributed by atoms with E-state index in [4.69, 9.17) is 4.74 Å². The third-order valence-corrected chi connectivity index (χ3v) is 3.46. The first-order chi connectivity index (χ1) is 8.22. The fraction of sp³-hybridized carbons (Fsp3) is 0.500. The van der Waals surface area contributed by atoms with Crippen molar-refractivity contribution in [1.82, 2.24) is 5.32 Å². The van der Waals surface area contributed by atoms with Gasteiger partial charge in [0.1, 0.15) is 0 Å². The molecule has 92 valence electrons. The van der Waals surface area contributed by atoms with Crippen LogP contribution in [0.2, 0.25) is 0 Å². The van der Waals surface area contributed by atoms with Crippen molar-refractivity contribution in [3.63, 3.8) is 0 Å². The topological polar surface area (TPSA) is 38.3 Å². The van der Waals surface area contributed by atoms with Crippen LogP contribution in [-0.2, 0) is 9.53 Å². The van der Waals surface area contributed by atoms with Crippen LogP contribution in [0, 0.1) is 12.8 Å². The molecular formula is C14H19NO2. The van der Waals surface area contributed by atoms with E-state index in [9.17, 15) is 4.79 Å². The van der Waals surface area contributed by atoms with Crippen LogP contribution in [0.25, 0.3) is 0 Å². The average molecular weight is 233 g/mol. The van der Waals surface area contributed by atoms with Crippen LogP contribution in [0.4, 0.5) is 0 Å². The van der Waals surface area contributed by atoms with Crippen molar-refractivity contribution >= 4 is 5.97 Å². The van der Waals surface area contributed by atoms with Crippen molar-refractivity contribution in [2.24, 2.45) is 5.92 Å². The van der Waals surface area contributed by atoms with Gasteiger partial charge in [-0.3, -0.25) is 4.79 Å². The molecule has 2 rings (SSSR count).